The summed E-state index contributed by atoms with van der Waals surface area (Å²) in [6.45, 7) is 2.12. The van der Waals surface area contributed by atoms with Crippen molar-refractivity contribution in [2.45, 2.75) is 26.2 Å². The van der Waals surface area contributed by atoms with Crippen LogP contribution in [0.25, 0.3) is 0 Å². The summed E-state index contributed by atoms with van der Waals surface area (Å²) in [7, 11) is 0. The van der Waals surface area contributed by atoms with Crippen LogP contribution in [0, 0.1) is 5.92 Å². The van der Waals surface area contributed by atoms with Crippen molar-refractivity contribution in [3.8, 4) is 0 Å². The molecule has 16 heavy (non-hydrogen) atoms. The molecule has 1 unspecified atom stereocenters. The van der Waals surface area contributed by atoms with Crippen LogP contribution in [-0.4, -0.2) is 18.4 Å². The number of hydrogen-bond acceptors (Lipinski definition) is 4. The van der Waals surface area contributed by atoms with Crippen molar-refractivity contribution in [1.82, 2.24) is 0 Å². The number of fused-ring (bicyclic) bond motifs is 1. The zero-order valence-electron chi connectivity index (χ0n) is 9.19. The third kappa shape index (κ3) is 2.01. The summed E-state index contributed by atoms with van der Waals surface area (Å²) in [6.07, 6.45) is 3.09. The van der Waals surface area contributed by atoms with Gasteiger partial charge in [0.1, 0.15) is 5.76 Å². The van der Waals surface area contributed by atoms with Crippen molar-refractivity contribution in [1.29, 1.82) is 0 Å². The van der Waals surface area contributed by atoms with Gasteiger partial charge in [0.15, 0.2) is 5.78 Å². The maximum Gasteiger partial charge on any atom is 0.306 e. The molecule has 86 valence electrons. The zero-order valence-corrected chi connectivity index (χ0v) is 9.19. The van der Waals surface area contributed by atoms with E-state index in [-0.39, 0.29) is 24.1 Å². The molecule has 0 spiro atoms. The van der Waals surface area contributed by atoms with E-state index in [1.54, 1.807) is 13.0 Å². The Morgan fingerprint density at radius 1 is 1.62 bits per heavy atom. The maximum absolute atomic E-state index is 11.9. The maximum atomic E-state index is 11.9. The van der Waals surface area contributed by atoms with E-state index in [2.05, 4.69) is 0 Å². The van der Waals surface area contributed by atoms with E-state index in [4.69, 9.17) is 9.15 Å². The first-order valence-corrected chi connectivity index (χ1v) is 5.48. The Hall–Kier alpha value is -1.58. The first kappa shape index (κ1) is 10.9. The fraction of sp³-hybridized carbons (Fsp3) is 0.500. The van der Waals surface area contributed by atoms with Gasteiger partial charge < -0.3 is 9.15 Å². The van der Waals surface area contributed by atoms with Gasteiger partial charge >= 0.3 is 5.97 Å². The lowest BCUT2D eigenvalue weighted by Crippen LogP contribution is -2.24. The van der Waals surface area contributed by atoms with Gasteiger partial charge in [-0.05, 0) is 19.4 Å². The van der Waals surface area contributed by atoms with E-state index < -0.39 is 0 Å². The fourth-order valence-corrected chi connectivity index (χ4v) is 2.03. The molecule has 1 aliphatic carbocycles. The summed E-state index contributed by atoms with van der Waals surface area (Å²) >= 11 is 0. The number of ether oxygens (including phenoxy) is 1. The van der Waals surface area contributed by atoms with Crippen molar-refractivity contribution >= 4 is 11.8 Å². The minimum Gasteiger partial charge on any atom is -0.469 e. The summed E-state index contributed by atoms with van der Waals surface area (Å²) in [5.74, 6) is 0.199. The van der Waals surface area contributed by atoms with Gasteiger partial charge in [0.25, 0.3) is 0 Å². The standard InChI is InChI=1S/C12H14O4/c1-2-15-11(13)7-8-3-4-10-9(12(8)14)5-6-16-10/h5-6,8H,2-4,7H2,1H3. The van der Waals surface area contributed by atoms with Crippen LogP contribution >= 0.6 is 0 Å². The van der Waals surface area contributed by atoms with E-state index >= 15 is 0 Å². The Balaban J connectivity index is 2.04. The lowest BCUT2D eigenvalue weighted by molar-refractivity contribution is -0.144. The van der Waals surface area contributed by atoms with Gasteiger partial charge in [0.2, 0.25) is 0 Å². The van der Waals surface area contributed by atoms with Crippen LogP contribution in [0.3, 0.4) is 0 Å². The second kappa shape index (κ2) is 4.51. The molecule has 0 saturated heterocycles. The summed E-state index contributed by atoms with van der Waals surface area (Å²) in [6, 6.07) is 1.68. The van der Waals surface area contributed by atoms with Crippen LogP contribution in [-0.2, 0) is 16.0 Å². The molecule has 0 saturated carbocycles. The van der Waals surface area contributed by atoms with Crippen LogP contribution in [0.1, 0.15) is 35.9 Å². The Labute approximate surface area is 93.6 Å². The SMILES string of the molecule is CCOC(=O)CC1CCc2occc2C1=O. The average molecular weight is 222 g/mol. The molecule has 4 nitrogen and oxygen atoms in total. The van der Waals surface area contributed by atoms with Crippen molar-refractivity contribution in [3.63, 3.8) is 0 Å². The number of furan rings is 1. The molecule has 1 atom stereocenters. The van der Waals surface area contributed by atoms with Gasteiger partial charge in [-0.1, -0.05) is 0 Å². The highest BCUT2D eigenvalue weighted by molar-refractivity contribution is 6.01. The van der Waals surface area contributed by atoms with Gasteiger partial charge in [-0.2, -0.15) is 0 Å². The Kier molecular flexibility index (Phi) is 3.08. The van der Waals surface area contributed by atoms with E-state index in [9.17, 15) is 9.59 Å². The second-order valence-corrected chi connectivity index (χ2v) is 3.87. The van der Waals surface area contributed by atoms with Gasteiger partial charge in [-0.3, -0.25) is 9.59 Å². The summed E-state index contributed by atoms with van der Waals surface area (Å²) in [4.78, 5) is 23.3. The number of Topliss-reactive ketones (excluding diaryl/α,β-unsaturated/α-hetero) is 1. The molecule has 1 heterocycles. The molecular formula is C12H14O4. The number of carbonyl (C=O) groups excluding carboxylic acids is 2. The van der Waals surface area contributed by atoms with Crippen LogP contribution in [0.15, 0.2) is 16.7 Å². The molecule has 2 rings (SSSR count). The van der Waals surface area contributed by atoms with Crippen molar-refractivity contribution in [2.75, 3.05) is 6.61 Å². The largest absolute Gasteiger partial charge is 0.469 e. The zero-order chi connectivity index (χ0) is 11.5. The molecule has 4 heteroatoms. The molecule has 0 radical (unpaired) electrons. The van der Waals surface area contributed by atoms with Crippen LogP contribution in [0.4, 0.5) is 0 Å². The molecule has 1 aromatic heterocycles. The molecule has 0 bridgehead atoms. The summed E-state index contributed by atoms with van der Waals surface area (Å²) in [5, 5.41) is 0. The monoisotopic (exact) mass is 222 g/mol. The summed E-state index contributed by atoms with van der Waals surface area (Å²) < 4.78 is 10.0. The number of carbonyl (C=O) groups is 2. The lowest BCUT2D eigenvalue weighted by atomic mass is 9.85. The molecule has 0 fully saturated rings. The fourth-order valence-electron chi connectivity index (χ4n) is 2.03. The molecule has 1 aliphatic rings. The van der Waals surface area contributed by atoms with Crippen molar-refractivity contribution < 1.29 is 18.7 Å². The van der Waals surface area contributed by atoms with Crippen molar-refractivity contribution in [2.24, 2.45) is 5.92 Å². The molecule has 0 aliphatic heterocycles. The number of hydrogen-bond donors (Lipinski definition) is 0. The first-order chi connectivity index (χ1) is 7.72. The summed E-state index contributed by atoms with van der Waals surface area (Å²) in [5.41, 5.74) is 0.626. The molecule has 1 aromatic rings. The van der Waals surface area contributed by atoms with Gasteiger partial charge in [0.05, 0.1) is 24.9 Å². The predicted octanol–water partition coefficient (Wildman–Crippen LogP) is 1.98. The smallest absolute Gasteiger partial charge is 0.306 e. The normalized spacial score (nSPS) is 19.3. The number of esters is 1. The number of rotatable bonds is 3. The number of ketones is 1. The van der Waals surface area contributed by atoms with Crippen LogP contribution in [0.5, 0.6) is 0 Å². The van der Waals surface area contributed by atoms with E-state index in [1.165, 1.54) is 6.26 Å². The van der Waals surface area contributed by atoms with Crippen LogP contribution < -0.4 is 0 Å². The molecule has 0 N–H and O–H groups in total. The van der Waals surface area contributed by atoms with Crippen LogP contribution in [0.2, 0.25) is 0 Å². The Bertz CT molecular complexity index is 405. The Morgan fingerprint density at radius 2 is 2.44 bits per heavy atom. The predicted molar refractivity (Wildman–Crippen MR) is 56.1 cm³/mol. The minimum atomic E-state index is -0.298. The van der Waals surface area contributed by atoms with E-state index in [1.807, 2.05) is 0 Å². The topological polar surface area (TPSA) is 56.5 Å². The first-order valence-electron chi connectivity index (χ1n) is 5.48. The second-order valence-electron chi connectivity index (χ2n) is 3.87. The minimum absolute atomic E-state index is 0.00283. The highest BCUT2D eigenvalue weighted by Crippen LogP contribution is 2.28. The molecular weight excluding hydrogens is 208 g/mol. The quantitative estimate of drug-likeness (QED) is 0.734. The third-order valence-electron chi connectivity index (χ3n) is 2.82. The Morgan fingerprint density at radius 3 is 3.19 bits per heavy atom. The van der Waals surface area contributed by atoms with E-state index in [0.717, 1.165) is 12.2 Å². The average Bonchev–Trinajstić information content (AvgIpc) is 2.71. The third-order valence-corrected chi connectivity index (χ3v) is 2.82. The van der Waals surface area contributed by atoms with Gasteiger partial charge in [-0.25, -0.2) is 0 Å². The highest BCUT2D eigenvalue weighted by atomic mass is 16.5. The lowest BCUT2D eigenvalue weighted by Gasteiger charge is -2.18. The van der Waals surface area contributed by atoms with Gasteiger partial charge in [-0.15, -0.1) is 0 Å². The highest BCUT2D eigenvalue weighted by Gasteiger charge is 2.31. The molecule has 0 amide bonds. The van der Waals surface area contributed by atoms with Gasteiger partial charge in [0, 0.05) is 12.3 Å². The van der Waals surface area contributed by atoms with Crippen molar-refractivity contribution in [3.05, 3.63) is 23.7 Å². The molecule has 0 aromatic carbocycles. The number of aryl methyl sites for hydroxylation is 1. The van der Waals surface area contributed by atoms with E-state index in [0.29, 0.717) is 18.6 Å².